The van der Waals surface area contributed by atoms with Crippen molar-refractivity contribution < 1.29 is 24.2 Å². The van der Waals surface area contributed by atoms with Gasteiger partial charge in [-0.3, -0.25) is 15.0 Å². The van der Waals surface area contributed by atoms with Crippen molar-refractivity contribution in [2.24, 2.45) is 0 Å². The van der Waals surface area contributed by atoms with E-state index in [-0.39, 0.29) is 18.4 Å². The van der Waals surface area contributed by atoms with E-state index in [2.05, 4.69) is 20.0 Å². The van der Waals surface area contributed by atoms with Crippen LogP contribution < -0.4 is 10.1 Å². The molecule has 34 heavy (non-hydrogen) atoms. The summed E-state index contributed by atoms with van der Waals surface area (Å²) in [7, 11) is 2.83. The van der Waals surface area contributed by atoms with Gasteiger partial charge in [-0.1, -0.05) is 42.5 Å². The summed E-state index contributed by atoms with van der Waals surface area (Å²) in [4.78, 5) is 33.8. The highest BCUT2D eigenvalue weighted by atomic mass is 16.5. The second-order valence-electron chi connectivity index (χ2n) is 7.85. The SMILES string of the molecule is COC(=O)Nc1nc2cc(C3(O)c4ccccc4C(=O)N3Cc3ccccc3OC)ccc2[nH]1. The highest BCUT2D eigenvalue weighted by Crippen LogP contribution is 2.44. The Hall–Kier alpha value is -4.37. The lowest BCUT2D eigenvalue weighted by Gasteiger charge is -2.35. The molecule has 0 spiro atoms. The molecule has 1 aliphatic heterocycles. The Morgan fingerprint density at radius 2 is 1.88 bits per heavy atom. The predicted octanol–water partition coefficient (Wildman–Crippen LogP) is 3.60. The standard InChI is InChI=1S/C25H22N4O5/c1-33-21-10-6-3-7-15(21)14-29-22(30)17-8-4-5-9-18(17)25(29,32)16-11-12-19-20(13-16)27-23(26-19)28-24(31)34-2/h3-13,32H,14H2,1-2H3,(H2,26,27,28,31). The quantitative estimate of drug-likeness (QED) is 0.421. The van der Waals surface area contributed by atoms with Gasteiger partial charge < -0.3 is 19.6 Å². The van der Waals surface area contributed by atoms with Gasteiger partial charge in [0.2, 0.25) is 5.95 Å². The smallest absolute Gasteiger partial charge is 0.413 e. The van der Waals surface area contributed by atoms with E-state index < -0.39 is 11.8 Å². The number of methoxy groups -OCH3 is 2. The maximum absolute atomic E-state index is 13.5. The van der Waals surface area contributed by atoms with E-state index in [4.69, 9.17) is 4.74 Å². The van der Waals surface area contributed by atoms with Gasteiger partial charge in [-0.2, -0.15) is 0 Å². The first-order chi connectivity index (χ1) is 16.5. The van der Waals surface area contributed by atoms with E-state index in [9.17, 15) is 14.7 Å². The van der Waals surface area contributed by atoms with Gasteiger partial charge in [-0.25, -0.2) is 9.78 Å². The highest BCUT2D eigenvalue weighted by Gasteiger charge is 2.50. The molecule has 0 aliphatic carbocycles. The molecule has 2 amide bonds. The van der Waals surface area contributed by atoms with Crippen LogP contribution in [0, 0.1) is 0 Å². The summed E-state index contributed by atoms with van der Waals surface area (Å²) < 4.78 is 10.1. The number of aromatic nitrogens is 2. The van der Waals surface area contributed by atoms with Gasteiger partial charge >= 0.3 is 6.09 Å². The van der Waals surface area contributed by atoms with Gasteiger partial charge in [0, 0.05) is 22.3 Å². The Morgan fingerprint density at radius 1 is 1.12 bits per heavy atom. The van der Waals surface area contributed by atoms with Crippen molar-refractivity contribution in [2.45, 2.75) is 12.3 Å². The van der Waals surface area contributed by atoms with Gasteiger partial charge in [-0.05, 0) is 24.3 Å². The molecule has 0 saturated carbocycles. The summed E-state index contributed by atoms with van der Waals surface area (Å²) in [5.41, 5.74) is 1.54. The van der Waals surface area contributed by atoms with Crippen molar-refractivity contribution in [3.63, 3.8) is 0 Å². The summed E-state index contributed by atoms with van der Waals surface area (Å²) in [5, 5.41) is 14.6. The molecule has 1 aliphatic rings. The van der Waals surface area contributed by atoms with Crippen molar-refractivity contribution >= 4 is 29.0 Å². The second kappa shape index (κ2) is 8.20. The number of nitrogens with zero attached hydrogens (tertiary/aromatic N) is 2. The minimum Gasteiger partial charge on any atom is -0.496 e. The van der Waals surface area contributed by atoms with Gasteiger partial charge in [-0.15, -0.1) is 0 Å². The van der Waals surface area contributed by atoms with Crippen molar-refractivity contribution in [1.29, 1.82) is 0 Å². The lowest BCUT2D eigenvalue weighted by atomic mass is 9.93. The molecule has 1 unspecified atom stereocenters. The Kier molecular flexibility index (Phi) is 5.18. The van der Waals surface area contributed by atoms with Gasteiger partial charge in [0.1, 0.15) is 5.75 Å². The number of benzene rings is 3. The van der Waals surface area contributed by atoms with Crippen LogP contribution in [0.5, 0.6) is 5.75 Å². The first-order valence-electron chi connectivity index (χ1n) is 10.6. The average Bonchev–Trinajstić information content (AvgIpc) is 3.36. The Bertz CT molecular complexity index is 1420. The lowest BCUT2D eigenvalue weighted by molar-refractivity contribution is -0.0544. The molecule has 5 rings (SSSR count). The molecule has 4 aromatic rings. The summed E-state index contributed by atoms with van der Waals surface area (Å²) in [6, 6.07) is 19.5. The number of aliphatic hydroxyl groups is 1. The van der Waals surface area contributed by atoms with Crippen LogP contribution in [0.1, 0.15) is 27.0 Å². The zero-order valence-corrected chi connectivity index (χ0v) is 18.5. The average molecular weight is 458 g/mol. The van der Waals surface area contributed by atoms with Crippen molar-refractivity contribution in [1.82, 2.24) is 14.9 Å². The number of fused-ring (bicyclic) bond motifs is 2. The molecule has 3 N–H and O–H groups in total. The van der Waals surface area contributed by atoms with E-state index in [1.54, 1.807) is 49.6 Å². The molecule has 1 aromatic heterocycles. The van der Waals surface area contributed by atoms with E-state index in [0.717, 1.165) is 5.56 Å². The summed E-state index contributed by atoms with van der Waals surface area (Å²) in [5.74, 6) is 0.536. The molecule has 0 saturated heterocycles. The number of amides is 2. The number of para-hydroxylation sites is 1. The van der Waals surface area contributed by atoms with Crippen LogP contribution >= 0.6 is 0 Å². The van der Waals surface area contributed by atoms with Crippen LogP contribution in [0.25, 0.3) is 11.0 Å². The highest BCUT2D eigenvalue weighted by molar-refractivity contribution is 6.00. The Labute approximate surface area is 194 Å². The van der Waals surface area contributed by atoms with Crippen molar-refractivity contribution in [3.05, 3.63) is 89.0 Å². The van der Waals surface area contributed by atoms with E-state index in [1.165, 1.54) is 12.0 Å². The topological polar surface area (TPSA) is 117 Å². The van der Waals surface area contributed by atoms with Crippen LogP contribution in [0.2, 0.25) is 0 Å². The van der Waals surface area contributed by atoms with Crippen LogP contribution in [0.3, 0.4) is 0 Å². The summed E-state index contributed by atoms with van der Waals surface area (Å²) >= 11 is 0. The molecule has 0 bridgehead atoms. The number of carbonyl (C=O) groups excluding carboxylic acids is 2. The largest absolute Gasteiger partial charge is 0.496 e. The second-order valence-corrected chi connectivity index (χ2v) is 7.85. The number of aromatic amines is 1. The molecule has 0 fully saturated rings. The fourth-order valence-electron chi connectivity index (χ4n) is 4.34. The zero-order valence-electron chi connectivity index (χ0n) is 18.5. The van der Waals surface area contributed by atoms with Crippen LogP contribution in [0.4, 0.5) is 10.7 Å². The third-order valence-corrected chi connectivity index (χ3v) is 5.98. The van der Waals surface area contributed by atoms with Gasteiger partial charge in [0.15, 0.2) is 5.72 Å². The first-order valence-corrected chi connectivity index (χ1v) is 10.6. The first kappa shape index (κ1) is 21.5. The van der Waals surface area contributed by atoms with E-state index in [1.807, 2.05) is 24.3 Å². The van der Waals surface area contributed by atoms with Crippen LogP contribution in [-0.4, -0.2) is 46.2 Å². The summed E-state index contributed by atoms with van der Waals surface area (Å²) in [6.07, 6.45) is -0.656. The number of anilines is 1. The fourth-order valence-corrected chi connectivity index (χ4v) is 4.34. The third-order valence-electron chi connectivity index (χ3n) is 5.98. The minimum atomic E-state index is -1.74. The number of imidazole rings is 1. The number of nitrogens with one attached hydrogen (secondary N) is 2. The molecule has 172 valence electrons. The number of rotatable bonds is 5. The third kappa shape index (κ3) is 3.34. The number of carbonyl (C=O) groups is 2. The lowest BCUT2D eigenvalue weighted by Crippen LogP contribution is -2.44. The minimum absolute atomic E-state index is 0.127. The molecule has 0 radical (unpaired) electrons. The number of hydrogen-bond acceptors (Lipinski definition) is 6. The predicted molar refractivity (Wildman–Crippen MR) is 124 cm³/mol. The zero-order chi connectivity index (χ0) is 23.9. The molecular formula is C25H22N4O5. The van der Waals surface area contributed by atoms with E-state index >= 15 is 0 Å². The number of hydrogen-bond donors (Lipinski definition) is 3. The van der Waals surface area contributed by atoms with Crippen LogP contribution in [-0.2, 0) is 17.0 Å². The Balaban J connectivity index is 1.62. The van der Waals surface area contributed by atoms with E-state index in [0.29, 0.717) is 33.5 Å². The Morgan fingerprint density at radius 3 is 2.68 bits per heavy atom. The fraction of sp³-hybridized carbons (Fsp3) is 0.160. The maximum Gasteiger partial charge on any atom is 0.413 e. The molecule has 9 heteroatoms. The molecular weight excluding hydrogens is 436 g/mol. The van der Waals surface area contributed by atoms with Crippen LogP contribution in [0.15, 0.2) is 66.7 Å². The number of ether oxygens (including phenoxy) is 2. The number of H-pyrrole nitrogens is 1. The van der Waals surface area contributed by atoms with Crippen molar-refractivity contribution in [3.8, 4) is 5.75 Å². The van der Waals surface area contributed by atoms with Gasteiger partial charge in [0.25, 0.3) is 5.91 Å². The normalized spacial score (nSPS) is 17.0. The molecule has 9 nitrogen and oxygen atoms in total. The van der Waals surface area contributed by atoms with Gasteiger partial charge in [0.05, 0.1) is 31.8 Å². The maximum atomic E-state index is 13.5. The molecule has 1 atom stereocenters. The molecule has 2 heterocycles. The van der Waals surface area contributed by atoms with Crippen molar-refractivity contribution in [2.75, 3.05) is 19.5 Å². The molecule has 3 aromatic carbocycles. The summed E-state index contributed by atoms with van der Waals surface area (Å²) in [6.45, 7) is 0.127. The monoisotopic (exact) mass is 458 g/mol.